The average molecular weight is 374 g/mol. The van der Waals surface area contributed by atoms with Crippen LogP contribution in [0, 0.1) is 21.4 Å². The highest BCUT2D eigenvalue weighted by molar-refractivity contribution is 5.87. The summed E-state index contributed by atoms with van der Waals surface area (Å²) < 4.78 is 4.93. The highest BCUT2D eigenvalue weighted by atomic mass is 16.6. The molecule has 1 N–H and O–H groups in total. The lowest BCUT2D eigenvalue weighted by Gasteiger charge is -2.40. The minimum atomic E-state index is -0.700. The molecular weight excluding hydrogens is 352 g/mol. The van der Waals surface area contributed by atoms with Crippen LogP contribution in [-0.4, -0.2) is 41.1 Å². The standard InChI is InChI=1S/C18H22N4O5/c1-18(2,17(24)27-3)11-5-4-6-21(9-11)14-8-13-12(7-15(14)22(25)26)16(23)20-10-19-13/h7-8,10-11H,4-6,9H2,1-3H3,(H,19,20,23). The first-order valence-electron chi connectivity index (χ1n) is 8.75. The second kappa shape index (κ2) is 6.98. The summed E-state index contributed by atoms with van der Waals surface area (Å²) >= 11 is 0. The summed E-state index contributed by atoms with van der Waals surface area (Å²) in [6.45, 7) is 4.78. The molecule has 1 aromatic heterocycles. The maximum Gasteiger partial charge on any atom is 0.311 e. The zero-order valence-corrected chi connectivity index (χ0v) is 15.5. The molecule has 0 bridgehead atoms. The second-order valence-electron chi connectivity index (χ2n) is 7.35. The van der Waals surface area contributed by atoms with Gasteiger partial charge in [0.05, 0.1) is 34.7 Å². The molecule has 3 rings (SSSR count). The van der Waals surface area contributed by atoms with E-state index >= 15 is 0 Å². The van der Waals surface area contributed by atoms with Crippen LogP contribution in [0.1, 0.15) is 26.7 Å². The molecule has 1 aliphatic heterocycles. The third kappa shape index (κ3) is 3.36. The number of nitro groups is 1. The maximum absolute atomic E-state index is 12.2. The van der Waals surface area contributed by atoms with Crippen molar-refractivity contribution in [2.45, 2.75) is 26.7 Å². The Balaban J connectivity index is 2.03. The number of nitrogens with one attached hydrogen (secondary N) is 1. The summed E-state index contributed by atoms with van der Waals surface area (Å²) in [7, 11) is 1.36. The first-order chi connectivity index (χ1) is 12.8. The Bertz CT molecular complexity index is 952. The van der Waals surface area contributed by atoms with E-state index in [1.54, 1.807) is 6.07 Å². The molecule has 0 amide bonds. The topological polar surface area (TPSA) is 118 Å². The van der Waals surface area contributed by atoms with Gasteiger partial charge in [0.15, 0.2) is 0 Å². The molecule has 0 radical (unpaired) electrons. The molecule has 9 heteroatoms. The van der Waals surface area contributed by atoms with Crippen molar-refractivity contribution in [2.24, 2.45) is 11.3 Å². The number of carbonyl (C=O) groups excluding carboxylic acids is 1. The Labute approximate surface area is 155 Å². The molecule has 1 unspecified atom stereocenters. The molecule has 2 aromatic rings. The van der Waals surface area contributed by atoms with Crippen LogP contribution in [0.5, 0.6) is 0 Å². The highest BCUT2D eigenvalue weighted by Crippen LogP contribution is 2.39. The molecule has 0 saturated carbocycles. The fourth-order valence-corrected chi connectivity index (χ4v) is 3.71. The van der Waals surface area contributed by atoms with E-state index in [9.17, 15) is 19.7 Å². The van der Waals surface area contributed by atoms with Crippen LogP contribution in [-0.2, 0) is 9.53 Å². The van der Waals surface area contributed by atoms with E-state index in [1.165, 1.54) is 19.5 Å². The Morgan fingerprint density at radius 2 is 2.19 bits per heavy atom. The molecule has 9 nitrogen and oxygen atoms in total. The number of esters is 1. The van der Waals surface area contributed by atoms with Crippen molar-refractivity contribution in [3.05, 3.63) is 38.9 Å². The van der Waals surface area contributed by atoms with Gasteiger partial charge >= 0.3 is 5.97 Å². The predicted molar refractivity (Wildman–Crippen MR) is 99.8 cm³/mol. The molecule has 0 aliphatic carbocycles. The van der Waals surface area contributed by atoms with Crippen LogP contribution in [0.2, 0.25) is 0 Å². The number of nitro benzene ring substituents is 1. The first kappa shape index (κ1) is 18.8. The summed E-state index contributed by atoms with van der Waals surface area (Å²) in [5.41, 5.74) is -0.450. The van der Waals surface area contributed by atoms with Crippen LogP contribution < -0.4 is 10.5 Å². The quantitative estimate of drug-likeness (QED) is 0.495. The van der Waals surface area contributed by atoms with Crippen LogP contribution in [0.4, 0.5) is 11.4 Å². The van der Waals surface area contributed by atoms with Crippen molar-refractivity contribution >= 4 is 28.2 Å². The van der Waals surface area contributed by atoms with Gasteiger partial charge in [0.25, 0.3) is 11.2 Å². The Morgan fingerprint density at radius 3 is 2.85 bits per heavy atom. The summed E-state index contributed by atoms with van der Waals surface area (Å²) in [5, 5.41) is 11.8. The normalized spacial score (nSPS) is 17.7. The number of H-pyrrole nitrogens is 1. The van der Waals surface area contributed by atoms with Crippen molar-refractivity contribution in [2.75, 3.05) is 25.1 Å². The van der Waals surface area contributed by atoms with E-state index in [0.717, 1.165) is 12.8 Å². The van der Waals surface area contributed by atoms with Gasteiger partial charge in [-0.25, -0.2) is 4.98 Å². The fraction of sp³-hybridized carbons (Fsp3) is 0.500. The summed E-state index contributed by atoms with van der Waals surface area (Å²) in [5.74, 6) is -0.309. The highest BCUT2D eigenvalue weighted by Gasteiger charge is 2.40. The number of ether oxygens (including phenoxy) is 1. The number of rotatable bonds is 4. The van der Waals surface area contributed by atoms with Crippen molar-refractivity contribution in [1.29, 1.82) is 0 Å². The van der Waals surface area contributed by atoms with Gasteiger partial charge in [-0.2, -0.15) is 0 Å². The maximum atomic E-state index is 12.2. The number of aromatic nitrogens is 2. The molecule has 1 fully saturated rings. The number of fused-ring (bicyclic) bond motifs is 1. The lowest BCUT2D eigenvalue weighted by molar-refractivity contribution is -0.384. The van der Waals surface area contributed by atoms with Crippen LogP contribution in [0.25, 0.3) is 10.9 Å². The van der Waals surface area contributed by atoms with E-state index in [4.69, 9.17) is 4.74 Å². The van der Waals surface area contributed by atoms with Gasteiger partial charge < -0.3 is 14.6 Å². The third-order valence-electron chi connectivity index (χ3n) is 5.43. The second-order valence-corrected chi connectivity index (χ2v) is 7.35. The molecule has 144 valence electrons. The fourth-order valence-electron chi connectivity index (χ4n) is 3.71. The van der Waals surface area contributed by atoms with E-state index in [1.807, 2.05) is 18.7 Å². The molecule has 27 heavy (non-hydrogen) atoms. The van der Waals surface area contributed by atoms with Gasteiger partial charge in [0.1, 0.15) is 5.69 Å². The molecule has 0 spiro atoms. The first-order valence-corrected chi connectivity index (χ1v) is 8.75. The molecular formula is C18H22N4O5. The minimum Gasteiger partial charge on any atom is -0.469 e. The lowest BCUT2D eigenvalue weighted by atomic mass is 9.74. The zero-order valence-electron chi connectivity index (χ0n) is 15.5. The van der Waals surface area contributed by atoms with Gasteiger partial charge in [-0.3, -0.25) is 19.7 Å². The summed E-state index contributed by atoms with van der Waals surface area (Å²) in [4.78, 5) is 43.7. The van der Waals surface area contributed by atoms with Crippen molar-refractivity contribution < 1.29 is 14.5 Å². The number of methoxy groups -OCH3 is 1. The van der Waals surface area contributed by atoms with E-state index in [0.29, 0.717) is 24.3 Å². The average Bonchev–Trinajstić information content (AvgIpc) is 2.66. The number of piperidine rings is 1. The predicted octanol–water partition coefficient (Wildman–Crippen LogP) is 2.25. The van der Waals surface area contributed by atoms with Crippen molar-refractivity contribution in [3.63, 3.8) is 0 Å². The van der Waals surface area contributed by atoms with Gasteiger partial charge in [0.2, 0.25) is 0 Å². The van der Waals surface area contributed by atoms with Gasteiger partial charge in [-0.15, -0.1) is 0 Å². The Kier molecular flexibility index (Phi) is 4.86. The van der Waals surface area contributed by atoms with Crippen molar-refractivity contribution in [3.8, 4) is 0 Å². The number of anilines is 1. The molecule has 1 atom stereocenters. The van der Waals surface area contributed by atoms with Gasteiger partial charge in [0, 0.05) is 19.2 Å². The number of aromatic amines is 1. The van der Waals surface area contributed by atoms with Crippen molar-refractivity contribution in [1.82, 2.24) is 9.97 Å². The summed E-state index contributed by atoms with van der Waals surface area (Å²) in [6, 6.07) is 2.85. The largest absolute Gasteiger partial charge is 0.469 e. The lowest BCUT2D eigenvalue weighted by Crippen LogP contribution is -2.45. The number of benzene rings is 1. The van der Waals surface area contributed by atoms with Crippen LogP contribution in [0.3, 0.4) is 0 Å². The monoisotopic (exact) mass is 374 g/mol. The molecule has 1 saturated heterocycles. The smallest absolute Gasteiger partial charge is 0.311 e. The molecule has 2 heterocycles. The number of hydrogen-bond acceptors (Lipinski definition) is 7. The third-order valence-corrected chi connectivity index (χ3v) is 5.43. The van der Waals surface area contributed by atoms with E-state index < -0.39 is 15.9 Å². The van der Waals surface area contributed by atoms with E-state index in [-0.39, 0.29) is 23.0 Å². The minimum absolute atomic E-state index is 0.0128. The van der Waals surface area contributed by atoms with Crippen LogP contribution >= 0.6 is 0 Å². The number of hydrogen-bond donors (Lipinski definition) is 1. The zero-order chi connectivity index (χ0) is 19.8. The van der Waals surface area contributed by atoms with E-state index in [2.05, 4.69) is 9.97 Å². The summed E-state index contributed by atoms with van der Waals surface area (Å²) in [6.07, 6.45) is 2.90. The van der Waals surface area contributed by atoms with Gasteiger partial charge in [-0.05, 0) is 38.7 Å². The number of carbonyl (C=O) groups is 1. The number of nitrogens with zero attached hydrogens (tertiary/aromatic N) is 3. The van der Waals surface area contributed by atoms with Crippen LogP contribution in [0.15, 0.2) is 23.3 Å². The molecule has 1 aromatic carbocycles. The molecule has 1 aliphatic rings. The van der Waals surface area contributed by atoms with Gasteiger partial charge in [-0.1, -0.05) is 0 Å². The Hall–Kier alpha value is -2.97. The Morgan fingerprint density at radius 1 is 1.44 bits per heavy atom. The SMILES string of the molecule is COC(=O)C(C)(C)C1CCCN(c2cc3nc[nH]c(=O)c3cc2[N+](=O)[O-])C1.